The highest BCUT2D eigenvalue weighted by atomic mass is 32.1. The van der Waals surface area contributed by atoms with Crippen molar-refractivity contribution < 1.29 is 9.47 Å². The van der Waals surface area contributed by atoms with Crippen molar-refractivity contribution in [2.45, 2.75) is 6.04 Å². The van der Waals surface area contributed by atoms with Gasteiger partial charge in [0.2, 0.25) is 6.79 Å². The summed E-state index contributed by atoms with van der Waals surface area (Å²) >= 11 is 4.13. The summed E-state index contributed by atoms with van der Waals surface area (Å²) in [4.78, 5) is 0. The molecule has 0 spiro atoms. The fraction of sp³-hybridized carbons (Fsp3) is 0.333. The van der Waals surface area contributed by atoms with Crippen molar-refractivity contribution >= 4 is 12.6 Å². The zero-order valence-electron chi connectivity index (χ0n) is 7.06. The molecule has 70 valence electrons. The summed E-state index contributed by atoms with van der Waals surface area (Å²) in [6.07, 6.45) is 0. The molecule has 1 aromatic carbocycles. The molecule has 0 radical (unpaired) electrons. The SMILES string of the molecule is NC(CS)c1ccc2c(c1)OCO2. The van der Waals surface area contributed by atoms with Gasteiger partial charge in [0.15, 0.2) is 11.5 Å². The first-order valence-electron chi connectivity index (χ1n) is 4.07. The van der Waals surface area contributed by atoms with Crippen LogP contribution in [-0.4, -0.2) is 12.5 Å². The van der Waals surface area contributed by atoms with Gasteiger partial charge in [-0.2, -0.15) is 12.6 Å². The monoisotopic (exact) mass is 197 g/mol. The van der Waals surface area contributed by atoms with Crippen LogP contribution in [0.1, 0.15) is 11.6 Å². The minimum Gasteiger partial charge on any atom is -0.454 e. The predicted octanol–water partition coefficient (Wildman–Crippen LogP) is 1.34. The highest BCUT2D eigenvalue weighted by molar-refractivity contribution is 7.80. The number of benzene rings is 1. The number of hydrogen-bond acceptors (Lipinski definition) is 4. The number of rotatable bonds is 2. The van der Waals surface area contributed by atoms with Crippen LogP contribution in [0.5, 0.6) is 11.5 Å². The molecule has 2 N–H and O–H groups in total. The number of fused-ring (bicyclic) bond motifs is 1. The molecule has 0 saturated carbocycles. The van der Waals surface area contributed by atoms with Gasteiger partial charge in [-0.25, -0.2) is 0 Å². The van der Waals surface area contributed by atoms with Crippen LogP contribution in [-0.2, 0) is 0 Å². The van der Waals surface area contributed by atoms with Crippen LogP contribution in [0.4, 0.5) is 0 Å². The number of hydrogen-bond donors (Lipinski definition) is 2. The van der Waals surface area contributed by atoms with E-state index in [1.54, 1.807) is 0 Å². The molecular formula is C9H11NO2S. The third-order valence-electron chi connectivity index (χ3n) is 2.02. The largest absolute Gasteiger partial charge is 0.454 e. The minimum atomic E-state index is -0.0437. The fourth-order valence-electron chi connectivity index (χ4n) is 1.25. The van der Waals surface area contributed by atoms with Gasteiger partial charge in [-0.15, -0.1) is 0 Å². The lowest BCUT2D eigenvalue weighted by Crippen LogP contribution is -2.11. The molecule has 4 heteroatoms. The van der Waals surface area contributed by atoms with Gasteiger partial charge in [-0.05, 0) is 17.7 Å². The summed E-state index contributed by atoms with van der Waals surface area (Å²) in [7, 11) is 0. The van der Waals surface area contributed by atoms with E-state index in [1.807, 2.05) is 18.2 Å². The lowest BCUT2D eigenvalue weighted by atomic mass is 10.1. The summed E-state index contributed by atoms with van der Waals surface area (Å²) in [6.45, 7) is 0.300. The molecule has 1 aromatic rings. The molecule has 0 amide bonds. The van der Waals surface area contributed by atoms with Crippen molar-refractivity contribution in [1.82, 2.24) is 0 Å². The van der Waals surface area contributed by atoms with E-state index in [-0.39, 0.29) is 6.04 Å². The van der Waals surface area contributed by atoms with E-state index in [9.17, 15) is 0 Å². The highest BCUT2D eigenvalue weighted by Gasteiger charge is 2.14. The molecule has 0 bridgehead atoms. The molecule has 1 aliphatic heterocycles. The third kappa shape index (κ3) is 1.59. The lowest BCUT2D eigenvalue weighted by Gasteiger charge is -2.08. The molecule has 13 heavy (non-hydrogen) atoms. The summed E-state index contributed by atoms with van der Waals surface area (Å²) in [6, 6.07) is 5.68. The Kier molecular flexibility index (Phi) is 2.33. The topological polar surface area (TPSA) is 44.5 Å². The summed E-state index contributed by atoms with van der Waals surface area (Å²) < 4.78 is 10.4. The van der Waals surface area contributed by atoms with E-state index in [2.05, 4.69) is 12.6 Å². The maximum atomic E-state index is 5.82. The first kappa shape index (κ1) is 8.72. The number of ether oxygens (including phenoxy) is 2. The van der Waals surface area contributed by atoms with E-state index in [4.69, 9.17) is 15.2 Å². The number of nitrogens with two attached hydrogens (primary N) is 1. The highest BCUT2D eigenvalue weighted by Crippen LogP contribution is 2.33. The Bertz CT molecular complexity index is 316. The van der Waals surface area contributed by atoms with Crippen molar-refractivity contribution in [3.63, 3.8) is 0 Å². The van der Waals surface area contributed by atoms with E-state index in [0.29, 0.717) is 12.5 Å². The minimum absolute atomic E-state index is 0.0437. The third-order valence-corrected chi connectivity index (χ3v) is 2.41. The zero-order chi connectivity index (χ0) is 9.26. The first-order chi connectivity index (χ1) is 6.31. The Morgan fingerprint density at radius 3 is 2.92 bits per heavy atom. The summed E-state index contributed by atoms with van der Waals surface area (Å²) in [5.74, 6) is 2.18. The average Bonchev–Trinajstić information content (AvgIpc) is 2.63. The quantitative estimate of drug-likeness (QED) is 0.703. The van der Waals surface area contributed by atoms with Crippen LogP contribution in [0.25, 0.3) is 0 Å². The Morgan fingerprint density at radius 1 is 1.38 bits per heavy atom. The first-order valence-corrected chi connectivity index (χ1v) is 4.70. The van der Waals surface area contributed by atoms with Crippen molar-refractivity contribution in [3.8, 4) is 11.5 Å². The second-order valence-electron chi connectivity index (χ2n) is 2.90. The molecule has 1 aliphatic rings. The summed E-state index contributed by atoms with van der Waals surface area (Å²) in [5, 5.41) is 0. The maximum Gasteiger partial charge on any atom is 0.231 e. The van der Waals surface area contributed by atoms with Gasteiger partial charge in [0.25, 0.3) is 0 Å². The standard InChI is InChI=1S/C9H11NO2S/c10-7(4-13)6-1-2-8-9(3-6)12-5-11-8/h1-3,7,13H,4-5,10H2. The molecule has 1 heterocycles. The molecular weight excluding hydrogens is 186 g/mol. The van der Waals surface area contributed by atoms with Crippen molar-refractivity contribution in [2.24, 2.45) is 5.73 Å². The Labute approximate surface area is 82.2 Å². The maximum absolute atomic E-state index is 5.82. The van der Waals surface area contributed by atoms with Crippen LogP contribution < -0.4 is 15.2 Å². The van der Waals surface area contributed by atoms with Crippen molar-refractivity contribution in [2.75, 3.05) is 12.5 Å². The van der Waals surface area contributed by atoms with Crippen LogP contribution in [0.2, 0.25) is 0 Å². The van der Waals surface area contributed by atoms with E-state index < -0.39 is 0 Å². The molecule has 1 atom stereocenters. The molecule has 2 rings (SSSR count). The van der Waals surface area contributed by atoms with Gasteiger partial charge in [-0.1, -0.05) is 6.07 Å². The second kappa shape index (κ2) is 3.47. The van der Waals surface area contributed by atoms with E-state index in [1.165, 1.54) is 0 Å². The van der Waals surface area contributed by atoms with Crippen molar-refractivity contribution in [1.29, 1.82) is 0 Å². The fourth-order valence-corrected chi connectivity index (χ4v) is 1.46. The molecule has 1 unspecified atom stereocenters. The van der Waals surface area contributed by atoms with E-state index >= 15 is 0 Å². The van der Waals surface area contributed by atoms with Crippen LogP contribution in [0.3, 0.4) is 0 Å². The molecule has 0 saturated heterocycles. The molecule has 0 fully saturated rings. The Morgan fingerprint density at radius 2 is 2.15 bits per heavy atom. The average molecular weight is 197 g/mol. The Hall–Kier alpha value is -0.870. The predicted molar refractivity (Wildman–Crippen MR) is 53.3 cm³/mol. The van der Waals surface area contributed by atoms with E-state index in [0.717, 1.165) is 17.1 Å². The van der Waals surface area contributed by atoms with Gasteiger partial charge in [0.05, 0.1) is 0 Å². The smallest absolute Gasteiger partial charge is 0.231 e. The van der Waals surface area contributed by atoms with Crippen molar-refractivity contribution in [3.05, 3.63) is 23.8 Å². The molecule has 3 nitrogen and oxygen atoms in total. The zero-order valence-corrected chi connectivity index (χ0v) is 7.96. The van der Waals surface area contributed by atoms with Gasteiger partial charge in [0.1, 0.15) is 0 Å². The summed E-state index contributed by atoms with van der Waals surface area (Å²) in [5.41, 5.74) is 6.84. The molecule has 0 aliphatic carbocycles. The van der Waals surface area contributed by atoms with Gasteiger partial charge in [0, 0.05) is 11.8 Å². The number of thiol groups is 1. The second-order valence-corrected chi connectivity index (χ2v) is 3.27. The molecule has 0 aromatic heterocycles. The van der Waals surface area contributed by atoms with Crippen LogP contribution in [0, 0.1) is 0 Å². The van der Waals surface area contributed by atoms with Gasteiger partial charge >= 0.3 is 0 Å². The van der Waals surface area contributed by atoms with Gasteiger partial charge in [-0.3, -0.25) is 0 Å². The van der Waals surface area contributed by atoms with Crippen LogP contribution in [0.15, 0.2) is 18.2 Å². The Balaban J connectivity index is 2.30. The van der Waals surface area contributed by atoms with Crippen LogP contribution >= 0.6 is 12.6 Å². The van der Waals surface area contributed by atoms with Gasteiger partial charge < -0.3 is 15.2 Å². The normalized spacial score (nSPS) is 15.8. The lowest BCUT2D eigenvalue weighted by molar-refractivity contribution is 0.174.